The van der Waals surface area contributed by atoms with E-state index in [4.69, 9.17) is 0 Å². The highest BCUT2D eigenvalue weighted by atomic mass is 32.2. The van der Waals surface area contributed by atoms with E-state index in [0.717, 1.165) is 18.4 Å². The third-order valence-electron chi connectivity index (χ3n) is 3.45. The predicted molar refractivity (Wildman–Crippen MR) is 74.8 cm³/mol. The number of Topliss-reactive ketones (excluding diaryl/α,β-unsaturated/α-hetero) is 1. The van der Waals surface area contributed by atoms with Gasteiger partial charge < -0.3 is 4.57 Å². The number of ketones is 1. The molecule has 1 aliphatic rings. The summed E-state index contributed by atoms with van der Waals surface area (Å²) in [6, 6.07) is 10.3. The number of nitrogens with zero attached hydrogens (tertiary/aromatic N) is 1. The maximum atomic E-state index is 11.9. The molecule has 0 spiro atoms. The highest BCUT2D eigenvalue weighted by Crippen LogP contribution is 2.29. The molecule has 18 heavy (non-hydrogen) atoms. The van der Waals surface area contributed by atoms with Crippen LogP contribution < -0.4 is 0 Å². The van der Waals surface area contributed by atoms with Gasteiger partial charge >= 0.3 is 0 Å². The standard InChI is InChI=1S/C15H15NOS/c1-18-15-8-3-2-5-13(15)16-10-9-11-12(16)6-4-7-14(11)17/h2-3,5,8-10H,4,6-7H2,1H3. The van der Waals surface area contributed by atoms with E-state index in [1.54, 1.807) is 11.8 Å². The van der Waals surface area contributed by atoms with Crippen LogP contribution in [0.2, 0.25) is 0 Å². The Bertz CT molecular complexity index is 600. The molecule has 2 aromatic rings. The number of hydrogen-bond donors (Lipinski definition) is 0. The fraction of sp³-hybridized carbons (Fsp3) is 0.267. The lowest BCUT2D eigenvalue weighted by molar-refractivity contribution is 0.0972. The van der Waals surface area contributed by atoms with E-state index in [1.165, 1.54) is 16.3 Å². The predicted octanol–water partition coefficient (Wildman–Crippen LogP) is 3.72. The van der Waals surface area contributed by atoms with Crippen LogP contribution in [0.1, 0.15) is 28.9 Å². The van der Waals surface area contributed by atoms with Crippen molar-refractivity contribution in [2.75, 3.05) is 6.26 Å². The first-order valence-electron chi connectivity index (χ1n) is 6.18. The number of fused-ring (bicyclic) bond motifs is 1. The first-order valence-corrected chi connectivity index (χ1v) is 7.40. The number of benzene rings is 1. The van der Waals surface area contributed by atoms with Crippen LogP contribution in [0, 0.1) is 0 Å². The average molecular weight is 257 g/mol. The van der Waals surface area contributed by atoms with Crippen LogP contribution >= 0.6 is 11.8 Å². The molecule has 3 rings (SSSR count). The second kappa shape index (κ2) is 4.65. The number of aromatic nitrogens is 1. The van der Waals surface area contributed by atoms with Crippen molar-refractivity contribution in [3.05, 3.63) is 47.8 Å². The van der Waals surface area contributed by atoms with Crippen molar-refractivity contribution < 1.29 is 4.79 Å². The molecule has 0 unspecified atom stereocenters. The third kappa shape index (κ3) is 1.79. The van der Waals surface area contributed by atoms with Gasteiger partial charge in [0.05, 0.1) is 5.69 Å². The lowest BCUT2D eigenvalue weighted by Crippen LogP contribution is -2.12. The van der Waals surface area contributed by atoms with Crippen molar-refractivity contribution in [2.24, 2.45) is 0 Å². The number of para-hydroxylation sites is 1. The van der Waals surface area contributed by atoms with Crippen molar-refractivity contribution in [2.45, 2.75) is 24.2 Å². The summed E-state index contributed by atoms with van der Waals surface area (Å²) in [5.74, 6) is 0.289. The summed E-state index contributed by atoms with van der Waals surface area (Å²) in [5, 5.41) is 0. The maximum Gasteiger partial charge on any atom is 0.164 e. The first-order chi connectivity index (χ1) is 8.81. The Balaban J connectivity index is 2.15. The molecule has 92 valence electrons. The van der Waals surface area contributed by atoms with Crippen LogP contribution in [0.4, 0.5) is 0 Å². The summed E-state index contributed by atoms with van der Waals surface area (Å²) < 4.78 is 2.18. The van der Waals surface area contributed by atoms with Crippen LogP contribution in [0.3, 0.4) is 0 Å². The lowest BCUT2D eigenvalue weighted by atomic mass is 9.97. The van der Waals surface area contributed by atoms with Crippen molar-refractivity contribution >= 4 is 17.5 Å². The zero-order valence-electron chi connectivity index (χ0n) is 10.3. The van der Waals surface area contributed by atoms with Gasteiger partial charge in [0.1, 0.15) is 0 Å². The molecule has 0 radical (unpaired) electrons. The van der Waals surface area contributed by atoms with Crippen LogP contribution in [0.25, 0.3) is 5.69 Å². The van der Waals surface area contributed by atoms with Gasteiger partial charge in [-0.2, -0.15) is 0 Å². The average Bonchev–Trinajstić information content (AvgIpc) is 2.84. The largest absolute Gasteiger partial charge is 0.319 e. The molecule has 0 atom stereocenters. The molecule has 0 aliphatic heterocycles. The highest BCUT2D eigenvalue weighted by molar-refractivity contribution is 7.98. The minimum absolute atomic E-state index is 0.289. The molecule has 2 nitrogen and oxygen atoms in total. The van der Waals surface area contributed by atoms with E-state index in [2.05, 4.69) is 29.0 Å². The molecule has 1 aliphatic carbocycles. The Morgan fingerprint density at radius 1 is 1.17 bits per heavy atom. The maximum absolute atomic E-state index is 11.9. The number of carbonyl (C=O) groups is 1. The van der Waals surface area contributed by atoms with Gasteiger partial charge in [-0.05, 0) is 37.3 Å². The topological polar surface area (TPSA) is 22.0 Å². The molecule has 0 fully saturated rings. The van der Waals surface area contributed by atoms with Gasteiger partial charge in [-0.25, -0.2) is 0 Å². The Labute approximate surface area is 111 Å². The number of carbonyl (C=O) groups excluding carboxylic acids is 1. The Hall–Kier alpha value is -1.48. The molecule has 0 amide bonds. The van der Waals surface area contributed by atoms with Gasteiger partial charge in [0.15, 0.2) is 5.78 Å². The number of thioether (sulfide) groups is 1. The molecule has 1 aromatic carbocycles. The minimum atomic E-state index is 0.289. The van der Waals surface area contributed by atoms with Gasteiger partial charge in [0, 0.05) is 28.8 Å². The van der Waals surface area contributed by atoms with Crippen LogP contribution in [0.5, 0.6) is 0 Å². The zero-order valence-corrected chi connectivity index (χ0v) is 11.2. The molecular weight excluding hydrogens is 242 g/mol. The third-order valence-corrected chi connectivity index (χ3v) is 4.24. The van der Waals surface area contributed by atoms with E-state index < -0.39 is 0 Å². The SMILES string of the molecule is CSc1ccccc1-n1ccc2c1CCCC2=O. The van der Waals surface area contributed by atoms with Crippen molar-refractivity contribution in [3.8, 4) is 5.69 Å². The van der Waals surface area contributed by atoms with Gasteiger partial charge in [-0.3, -0.25) is 4.79 Å². The normalized spacial score (nSPS) is 14.6. The van der Waals surface area contributed by atoms with E-state index in [1.807, 2.05) is 18.3 Å². The Kier molecular flexibility index (Phi) is 3.00. The number of rotatable bonds is 2. The Morgan fingerprint density at radius 3 is 2.83 bits per heavy atom. The zero-order chi connectivity index (χ0) is 12.5. The van der Waals surface area contributed by atoms with Crippen molar-refractivity contribution in [1.29, 1.82) is 0 Å². The molecule has 0 saturated heterocycles. The van der Waals surface area contributed by atoms with E-state index in [9.17, 15) is 4.79 Å². The summed E-state index contributed by atoms with van der Waals surface area (Å²) in [6.45, 7) is 0. The summed E-state index contributed by atoms with van der Waals surface area (Å²) in [6.07, 6.45) is 6.78. The van der Waals surface area contributed by atoms with Gasteiger partial charge in [-0.15, -0.1) is 11.8 Å². The van der Waals surface area contributed by atoms with Crippen molar-refractivity contribution in [3.63, 3.8) is 0 Å². The van der Waals surface area contributed by atoms with Gasteiger partial charge in [-0.1, -0.05) is 12.1 Å². The van der Waals surface area contributed by atoms with Crippen LogP contribution in [-0.4, -0.2) is 16.6 Å². The minimum Gasteiger partial charge on any atom is -0.319 e. The number of hydrogen-bond acceptors (Lipinski definition) is 2. The fourth-order valence-corrected chi connectivity index (χ4v) is 3.17. The summed E-state index contributed by atoms with van der Waals surface area (Å²) in [5.41, 5.74) is 3.27. The monoisotopic (exact) mass is 257 g/mol. The fourth-order valence-electron chi connectivity index (χ4n) is 2.58. The first kappa shape index (κ1) is 11.6. The van der Waals surface area contributed by atoms with E-state index in [-0.39, 0.29) is 5.78 Å². The lowest BCUT2D eigenvalue weighted by Gasteiger charge is -2.16. The smallest absolute Gasteiger partial charge is 0.164 e. The van der Waals surface area contributed by atoms with Crippen LogP contribution in [-0.2, 0) is 6.42 Å². The van der Waals surface area contributed by atoms with E-state index >= 15 is 0 Å². The molecule has 3 heteroatoms. The quantitative estimate of drug-likeness (QED) is 0.765. The second-order valence-corrected chi connectivity index (χ2v) is 5.34. The molecule has 1 heterocycles. The van der Waals surface area contributed by atoms with Gasteiger partial charge in [0.2, 0.25) is 0 Å². The molecule has 0 saturated carbocycles. The highest BCUT2D eigenvalue weighted by Gasteiger charge is 2.21. The van der Waals surface area contributed by atoms with Gasteiger partial charge in [0.25, 0.3) is 0 Å². The van der Waals surface area contributed by atoms with Crippen LogP contribution in [0.15, 0.2) is 41.4 Å². The molecule has 1 aromatic heterocycles. The second-order valence-electron chi connectivity index (χ2n) is 4.49. The Morgan fingerprint density at radius 2 is 2.00 bits per heavy atom. The summed E-state index contributed by atoms with van der Waals surface area (Å²) in [4.78, 5) is 13.1. The molecule has 0 bridgehead atoms. The summed E-state index contributed by atoms with van der Waals surface area (Å²) in [7, 11) is 0. The molecule has 0 N–H and O–H groups in total. The van der Waals surface area contributed by atoms with E-state index in [0.29, 0.717) is 6.42 Å². The van der Waals surface area contributed by atoms with Crippen molar-refractivity contribution in [1.82, 2.24) is 4.57 Å². The summed E-state index contributed by atoms with van der Waals surface area (Å²) >= 11 is 1.74. The molecular formula is C15H15NOS.